The van der Waals surface area contributed by atoms with E-state index in [0.29, 0.717) is 17.1 Å². The lowest BCUT2D eigenvalue weighted by atomic mass is 10.1. The minimum Gasteiger partial charge on any atom is -0.494 e. The molecule has 6 nitrogen and oxygen atoms in total. The largest absolute Gasteiger partial charge is 0.494 e. The van der Waals surface area contributed by atoms with E-state index in [9.17, 15) is 9.90 Å². The Morgan fingerprint density at radius 2 is 2.38 bits per heavy atom. The number of likely N-dealkylation sites (tertiary alicyclic amines) is 1. The average Bonchev–Trinajstić information content (AvgIpc) is 2.97. The van der Waals surface area contributed by atoms with Gasteiger partial charge in [-0.1, -0.05) is 0 Å². The number of amides is 1. The molecule has 2 atom stereocenters. The van der Waals surface area contributed by atoms with Crippen LogP contribution in [-0.2, 0) is 4.79 Å². The van der Waals surface area contributed by atoms with Crippen LogP contribution < -0.4 is 15.8 Å². The SMILES string of the molecule is COc1cc(N)ccc1NC(=O)C(C)N1CCC(CO)C1. The fraction of sp³-hybridized carbons (Fsp3) is 0.533. The highest BCUT2D eigenvalue weighted by Gasteiger charge is 2.29. The third kappa shape index (κ3) is 3.65. The summed E-state index contributed by atoms with van der Waals surface area (Å²) < 4.78 is 5.23. The number of aliphatic hydroxyl groups excluding tert-OH is 1. The Morgan fingerprint density at radius 1 is 1.62 bits per heavy atom. The zero-order chi connectivity index (χ0) is 15.4. The predicted octanol–water partition coefficient (Wildman–Crippen LogP) is 0.919. The monoisotopic (exact) mass is 293 g/mol. The number of anilines is 2. The minimum absolute atomic E-state index is 0.0864. The van der Waals surface area contributed by atoms with E-state index >= 15 is 0 Å². The number of aliphatic hydroxyl groups is 1. The number of hydrogen-bond acceptors (Lipinski definition) is 5. The summed E-state index contributed by atoms with van der Waals surface area (Å²) in [6, 6.07) is 4.89. The molecule has 1 fully saturated rings. The number of nitrogens with two attached hydrogens (primary N) is 1. The number of methoxy groups -OCH3 is 1. The van der Waals surface area contributed by atoms with Crippen molar-refractivity contribution < 1.29 is 14.6 Å². The van der Waals surface area contributed by atoms with Crippen LogP contribution in [0.15, 0.2) is 18.2 Å². The molecule has 1 saturated heterocycles. The maximum atomic E-state index is 12.3. The fourth-order valence-electron chi connectivity index (χ4n) is 2.58. The second-order valence-electron chi connectivity index (χ2n) is 5.46. The number of hydrogen-bond donors (Lipinski definition) is 3. The normalized spacial score (nSPS) is 20.2. The van der Waals surface area contributed by atoms with Crippen LogP contribution in [0.5, 0.6) is 5.75 Å². The van der Waals surface area contributed by atoms with E-state index in [0.717, 1.165) is 19.5 Å². The van der Waals surface area contributed by atoms with Crippen LogP contribution in [0, 0.1) is 5.92 Å². The first-order valence-electron chi connectivity index (χ1n) is 7.14. The molecule has 1 heterocycles. The molecule has 6 heteroatoms. The maximum Gasteiger partial charge on any atom is 0.241 e. The summed E-state index contributed by atoms with van der Waals surface area (Å²) in [5.41, 5.74) is 6.90. The van der Waals surface area contributed by atoms with E-state index in [1.54, 1.807) is 25.3 Å². The fourth-order valence-corrected chi connectivity index (χ4v) is 2.58. The molecular formula is C15H23N3O3. The van der Waals surface area contributed by atoms with Gasteiger partial charge in [-0.2, -0.15) is 0 Å². The van der Waals surface area contributed by atoms with Crippen LogP contribution in [0.3, 0.4) is 0 Å². The lowest BCUT2D eigenvalue weighted by molar-refractivity contribution is -0.120. The van der Waals surface area contributed by atoms with Gasteiger partial charge in [-0.05, 0) is 37.9 Å². The molecule has 1 aromatic carbocycles. The summed E-state index contributed by atoms with van der Waals surface area (Å²) in [5.74, 6) is 0.730. The molecule has 1 aliphatic heterocycles. The number of nitrogens with zero attached hydrogens (tertiary/aromatic N) is 1. The third-order valence-electron chi connectivity index (χ3n) is 3.99. The zero-order valence-corrected chi connectivity index (χ0v) is 12.5. The smallest absolute Gasteiger partial charge is 0.241 e. The molecule has 0 radical (unpaired) electrons. The second kappa shape index (κ2) is 6.78. The van der Waals surface area contributed by atoms with Crippen molar-refractivity contribution in [3.63, 3.8) is 0 Å². The number of nitrogens with one attached hydrogen (secondary N) is 1. The highest BCUT2D eigenvalue weighted by atomic mass is 16.5. The van der Waals surface area contributed by atoms with E-state index in [2.05, 4.69) is 10.2 Å². The summed E-state index contributed by atoms with van der Waals surface area (Å²) in [6.45, 7) is 3.64. The van der Waals surface area contributed by atoms with E-state index in [4.69, 9.17) is 10.5 Å². The van der Waals surface area contributed by atoms with Crippen molar-refractivity contribution in [2.24, 2.45) is 5.92 Å². The Bertz CT molecular complexity index is 507. The van der Waals surface area contributed by atoms with E-state index < -0.39 is 0 Å². The van der Waals surface area contributed by atoms with Crippen LogP contribution in [0.25, 0.3) is 0 Å². The van der Waals surface area contributed by atoms with E-state index in [-0.39, 0.29) is 24.5 Å². The summed E-state index contributed by atoms with van der Waals surface area (Å²) in [6.07, 6.45) is 0.930. The maximum absolute atomic E-state index is 12.3. The van der Waals surface area contributed by atoms with Crippen LogP contribution in [-0.4, -0.2) is 48.8 Å². The van der Waals surface area contributed by atoms with Crippen molar-refractivity contribution in [2.45, 2.75) is 19.4 Å². The second-order valence-corrected chi connectivity index (χ2v) is 5.46. The molecule has 0 bridgehead atoms. The van der Waals surface area contributed by atoms with Gasteiger partial charge in [0.15, 0.2) is 0 Å². The molecule has 1 amide bonds. The number of benzene rings is 1. The quantitative estimate of drug-likeness (QED) is 0.703. The van der Waals surface area contributed by atoms with E-state index in [1.807, 2.05) is 6.92 Å². The lowest BCUT2D eigenvalue weighted by Gasteiger charge is -2.23. The Morgan fingerprint density at radius 3 is 3.00 bits per heavy atom. The summed E-state index contributed by atoms with van der Waals surface area (Å²) in [5, 5.41) is 12.1. The first-order chi connectivity index (χ1) is 10.0. The van der Waals surface area contributed by atoms with Crippen molar-refractivity contribution in [3.05, 3.63) is 18.2 Å². The Balaban J connectivity index is 2.01. The molecule has 4 N–H and O–H groups in total. The number of nitrogen functional groups attached to an aromatic ring is 1. The van der Waals surface area contributed by atoms with Gasteiger partial charge in [-0.3, -0.25) is 9.69 Å². The molecule has 2 rings (SSSR count). The van der Waals surface area contributed by atoms with Crippen LogP contribution in [0.4, 0.5) is 11.4 Å². The molecule has 0 spiro atoms. The van der Waals surface area contributed by atoms with Crippen molar-refractivity contribution in [3.8, 4) is 5.75 Å². The number of rotatable bonds is 5. The molecule has 1 aliphatic rings. The van der Waals surface area contributed by atoms with Gasteiger partial charge in [0.2, 0.25) is 5.91 Å². The van der Waals surface area contributed by atoms with E-state index in [1.165, 1.54) is 0 Å². The molecular weight excluding hydrogens is 270 g/mol. The number of carbonyl (C=O) groups is 1. The highest BCUT2D eigenvalue weighted by molar-refractivity contribution is 5.96. The zero-order valence-electron chi connectivity index (χ0n) is 12.5. The van der Waals surface area contributed by atoms with Gasteiger partial charge >= 0.3 is 0 Å². The van der Waals surface area contributed by atoms with Gasteiger partial charge in [0.1, 0.15) is 5.75 Å². The van der Waals surface area contributed by atoms with Crippen molar-refractivity contribution in [1.82, 2.24) is 4.90 Å². The van der Waals surface area contributed by atoms with Crippen LogP contribution in [0.1, 0.15) is 13.3 Å². The Labute approximate surface area is 124 Å². The van der Waals surface area contributed by atoms with Gasteiger partial charge in [0, 0.05) is 24.9 Å². The first kappa shape index (κ1) is 15.6. The van der Waals surface area contributed by atoms with Crippen LogP contribution >= 0.6 is 0 Å². The van der Waals surface area contributed by atoms with Crippen molar-refractivity contribution >= 4 is 17.3 Å². The summed E-state index contributed by atoms with van der Waals surface area (Å²) >= 11 is 0. The molecule has 116 valence electrons. The summed E-state index contributed by atoms with van der Waals surface area (Å²) in [4.78, 5) is 14.4. The molecule has 0 saturated carbocycles. The topological polar surface area (TPSA) is 87.8 Å². The molecule has 0 aromatic heterocycles. The Kier molecular flexibility index (Phi) is 5.03. The molecule has 0 aliphatic carbocycles. The average molecular weight is 293 g/mol. The molecule has 2 unspecified atom stereocenters. The standard InChI is InChI=1S/C15H23N3O3/c1-10(18-6-5-11(8-18)9-19)15(20)17-13-4-3-12(16)7-14(13)21-2/h3-4,7,10-11,19H,5-6,8-9,16H2,1-2H3,(H,17,20). The van der Waals surface area contributed by atoms with Gasteiger partial charge in [0.05, 0.1) is 18.8 Å². The first-order valence-corrected chi connectivity index (χ1v) is 7.14. The van der Waals surface area contributed by atoms with Crippen molar-refractivity contribution in [2.75, 3.05) is 37.9 Å². The third-order valence-corrected chi connectivity index (χ3v) is 3.99. The number of carbonyl (C=O) groups excluding carboxylic acids is 1. The molecule has 1 aromatic rings. The van der Waals surface area contributed by atoms with Gasteiger partial charge in [-0.25, -0.2) is 0 Å². The lowest BCUT2D eigenvalue weighted by Crippen LogP contribution is -2.40. The van der Waals surface area contributed by atoms with Crippen molar-refractivity contribution in [1.29, 1.82) is 0 Å². The molecule has 21 heavy (non-hydrogen) atoms. The number of ether oxygens (including phenoxy) is 1. The highest BCUT2D eigenvalue weighted by Crippen LogP contribution is 2.27. The summed E-state index contributed by atoms with van der Waals surface area (Å²) in [7, 11) is 1.54. The van der Waals surface area contributed by atoms with Gasteiger partial charge in [0.25, 0.3) is 0 Å². The minimum atomic E-state index is -0.246. The van der Waals surface area contributed by atoms with Gasteiger partial charge < -0.3 is 20.9 Å². The van der Waals surface area contributed by atoms with Gasteiger partial charge in [-0.15, -0.1) is 0 Å². The van der Waals surface area contributed by atoms with Crippen LogP contribution in [0.2, 0.25) is 0 Å². The predicted molar refractivity (Wildman–Crippen MR) is 82.3 cm³/mol. The Hall–Kier alpha value is -1.79.